The molecule has 0 saturated carbocycles. The number of hydrogen-bond acceptors (Lipinski definition) is 4. The van der Waals surface area contributed by atoms with Crippen molar-refractivity contribution in [2.75, 3.05) is 26.8 Å². The molecule has 1 aliphatic heterocycles. The fourth-order valence-corrected chi connectivity index (χ4v) is 3.44. The Labute approximate surface area is 182 Å². The largest absolute Gasteiger partial charge is 0.494 e. The molecule has 1 unspecified atom stereocenters. The maximum Gasteiger partial charge on any atom is 0.419 e. The summed E-state index contributed by atoms with van der Waals surface area (Å²) in [5, 5.41) is 3.24. The van der Waals surface area contributed by atoms with Crippen LogP contribution in [-0.2, 0) is 22.3 Å². The quantitative estimate of drug-likeness (QED) is 0.636. The molecule has 5 nitrogen and oxygen atoms in total. The van der Waals surface area contributed by atoms with E-state index in [1.54, 1.807) is 12.1 Å². The zero-order valence-corrected chi connectivity index (χ0v) is 17.5. The lowest BCUT2D eigenvalue weighted by atomic mass is 10.1. The average Bonchev–Trinajstić information content (AvgIpc) is 2.74. The molecule has 0 aromatic heterocycles. The summed E-state index contributed by atoms with van der Waals surface area (Å²) in [6.07, 6.45) is -5.22. The van der Waals surface area contributed by atoms with Crippen LogP contribution in [0.5, 0.6) is 5.75 Å². The van der Waals surface area contributed by atoms with E-state index in [1.807, 2.05) is 6.92 Å². The van der Waals surface area contributed by atoms with Crippen LogP contribution >= 0.6 is 0 Å². The van der Waals surface area contributed by atoms with Crippen molar-refractivity contribution in [1.82, 2.24) is 10.2 Å². The Morgan fingerprint density at radius 3 is 2.59 bits per heavy atom. The predicted octanol–water partition coefficient (Wildman–Crippen LogP) is 4.07. The second kappa shape index (κ2) is 9.83. The van der Waals surface area contributed by atoms with Crippen LogP contribution in [0.3, 0.4) is 0 Å². The van der Waals surface area contributed by atoms with Gasteiger partial charge in [0.2, 0.25) is 5.91 Å². The Hall–Kier alpha value is -2.72. The van der Waals surface area contributed by atoms with Crippen LogP contribution in [0.15, 0.2) is 36.4 Å². The lowest BCUT2D eigenvalue weighted by Crippen LogP contribution is -2.49. The number of alkyl halides is 3. The number of nitrogens with zero attached hydrogens (tertiary/aromatic N) is 1. The summed E-state index contributed by atoms with van der Waals surface area (Å²) in [6, 6.07) is 7.03. The summed E-state index contributed by atoms with van der Waals surface area (Å²) in [7, 11) is 1.38. The monoisotopic (exact) mass is 458 g/mol. The second-order valence-electron chi connectivity index (χ2n) is 7.54. The molecule has 2 aromatic carbocycles. The van der Waals surface area contributed by atoms with Gasteiger partial charge in [-0.1, -0.05) is 12.1 Å². The minimum Gasteiger partial charge on any atom is -0.494 e. The van der Waals surface area contributed by atoms with E-state index in [9.17, 15) is 26.7 Å². The molecule has 174 valence electrons. The van der Waals surface area contributed by atoms with Gasteiger partial charge in [-0.2, -0.15) is 13.2 Å². The van der Waals surface area contributed by atoms with Crippen molar-refractivity contribution < 1.29 is 36.2 Å². The third-order valence-corrected chi connectivity index (χ3v) is 5.26. The molecule has 32 heavy (non-hydrogen) atoms. The number of carbonyl (C=O) groups excluding carboxylic acids is 1. The van der Waals surface area contributed by atoms with Gasteiger partial charge in [0.05, 0.1) is 18.8 Å². The Bertz CT molecular complexity index is 967. The van der Waals surface area contributed by atoms with Gasteiger partial charge in [-0.25, -0.2) is 8.78 Å². The molecule has 3 rings (SSSR count). The van der Waals surface area contributed by atoms with E-state index in [2.05, 4.69) is 5.32 Å². The molecule has 0 spiro atoms. The number of benzene rings is 2. The molecule has 0 aliphatic carbocycles. The van der Waals surface area contributed by atoms with Crippen LogP contribution < -0.4 is 10.1 Å². The number of methoxy groups -OCH3 is 1. The van der Waals surface area contributed by atoms with Crippen molar-refractivity contribution >= 4 is 5.91 Å². The fraction of sp³-hybridized carbons (Fsp3) is 0.409. The number of morpholine rings is 1. The highest BCUT2D eigenvalue weighted by Crippen LogP contribution is 2.32. The predicted molar refractivity (Wildman–Crippen MR) is 106 cm³/mol. The van der Waals surface area contributed by atoms with Gasteiger partial charge in [-0.05, 0) is 42.3 Å². The van der Waals surface area contributed by atoms with Crippen molar-refractivity contribution in [1.29, 1.82) is 0 Å². The van der Waals surface area contributed by atoms with E-state index in [0.29, 0.717) is 6.54 Å². The molecule has 0 bridgehead atoms. The first-order chi connectivity index (χ1) is 15.1. The summed E-state index contributed by atoms with van der Waals surface area (Å²) >= 11 is 0. The first-order valence-electron chi connectivity index (χ1n) is 9.90. The highest BCUT2D eigenvalue weighted by molar-refractivity contribution is 5.78. The van der Waals surface area contributed by atoms with Crippen LogP contribution in [-0.4, -0.2) is 43.7 Å². The van der Waals surface area contributed by atoms with Gasteiger partial charge < -0.3 is 19.7 Å². The molecule has 1 heterocycles. The van der Waals surface area contributed by atoms with Crippen LogP contribution in [0.1, 0.15) is 29.7 Å². The minimum atomic E-state index is -4.82. The van der Waals surface area contributed by atoms with Crippen molar-refractivity contribution in [3.63, 3.8) is 0 Å². The van der Waals surface area contributed by atoms with Crippen molar-refractivity contribution in [2.24, 2.45) is 0 Å². The summed E-state index contributed by atoms with van der Waals surface area (Å²) in [4.78, 5) is 13.6. The number of halogens is 5. The maximum atomic E-state index is 13.6. The SMILES string of the molecule is COc1cc([C@@H](C)NCC2CN(Cc3ccc(F)c(C(F)(F)F)c3)C(=O)CO2)ccc1F. The molecule has 1 fully saturated rings. The Balaban J connectivity index is 1.61. The first-order valence-corrected chi connectivity index (χ1v) is 9.90. The summed E-state index contributed by atoms with van der Waals surface area (Å²) in [6.45, 7) is 2.08. The molecule has 2 aromatic rings. The number of ether oxygens (including phenoxy) is 2. The van der Waals surface area contributed by atoms with Crippen molar-refractivity contribution in [3.05, 3.63) is 64.7 Å². The number of rotatable bonds is 7. The van der Waals surface area contributed by atoms with E-state index in [-0.39, 0.29) is 43.0 Å². The van der Waals surface area contributed by atoms with Gasteiger partial charge >= 0.3 is 6.18 Å². The summed E-state index contributed by atoms with van der Waals surface area (Å²) in [5.74, 6) is -2.07. The smallest absolute Gasteiger partial charge is 0.419 e. The fourth-order valence-electron chi connectivity index (χ4n) is 3.44. The third kappa shape index (κ3) is 5.74. The van der Waals surface area contributed by atoms with Gasteiger partial charge in [0.15, 0.2) is 11.6 Å². The van der Waals surface area contributed by atoms with Crippen LogP contribution in [0.4, 0.5) is 22.0 Å². The summed E-state index contributed by atoms with van der Waals surface area (Å²) in [5.41, 5.74) is -0.400. The summed E-state index contributed by atoms with van der Waals surface area (Å²) < 4.78 is 76.5. The molecule has 0 radical (unpaired) electrons. The van der Waals surface area contributed by atoms with Gasteiger partial charge in [-0.3, -0.25) is 4.79 Å². The maximum absolute atomic E-state index is 13.6. The molecule has 2 atom stereocenters. The molecular formula is C22H23F5N2O3. The van der Waals surface area contributed by atoms with Gasteiger partial charge in [0.1, 0.15) is 12.4 Å². The molecule has 1 aliphatic rings. The Morgan fingerprint density at radius 1 is 1.19 bits per heavy atom. The lowest BCUT2D eigenvalue weighted by molar-refractivity contribution is -0.149. The molecule has 1 amide bonds. The van der Waals surface area contributed by atoms with Crippen molar-refractivity contribution in [3.8, 4) is 5.75 Å². The van der Waals surface area contributed by atoms with Crippen LogP contribution in [0, 0.1) is 11.6 Å². The highest BCUT2D eigenvalue weighted by atomic mass is 19.4. The zero-order valence-electron chi connectivity index (χ0n) is 17.5. The second-order valence-corrected chi connectivity index (χ2v) is 7.54. The Morgan fingerprint density at radius 2 is 1.91 bits per heavy atom. The van der Waals surface area contributed by atoms with Crippen LogP contribution in [0.2, 0.25) is 0 Å². The number of amides is 1. The molecule has 1 N–H and O–H groups in total. The molecule has 1 saturated heterocycles. The van der Waals surface area contributed by atoms with Crippen LogP contribution in [0.25, 0.3) is 0 Å². The zero-order chi connectivity index (χ0) is 23.5. The van der Waals surface area contributed by atoms with E-state index in [1.165, 1.54) is 24.1 Å². The van der Waals surface area contributed by atoms with E-state index < -0.39 is 29.5 Å². The van der Waals surface area contributed by atoms with Gasteiger partial charge in [0, 0.05) is 25.7 Å². The highest BCUT2D eigenvalue weighted by Gasteiger charge is 2.34. The Kier molecular flexibility index (Phi) is 7.35. The number of carbonyl (C=O) groups is 1. The van der Waals surface area contributed by atoms with Crippen molar-refractivity contribution in [2.45, 2.75) is 31.8 Å². The number of hydrogen-bond donors (Lipinski definition) is 1. The van der Waals surface area contributed by atoms with E-state index >= 15 is 0 Å². The third-order valence-electron chi connectivity index (χ3n) is 5.26. The lowest BCUT2D eigenvalue weighted by Gasteiger charge is -2.33. The van der Waals surface area contributed by atoms with E-state index in [0.717, 1.165) is 17.7 Å². The minimum absolute atomic E-state index is 0.0905. The number of nitrogens with one attached hydrogen (secondary N) is 1. The van der Waals surface area contributed by atoms with E-state index in [4.69, 9.17) is 9.47 Å². The normalized spacial score (nSPS) is 18.0. The average molecular weight is 458 g/mol. The first kappa shape index (κ1) is 23.9. The molecular weight excluding hydrogens is 435 g/mol. The van der Waals surface area contributed by atoms with Gasteiger partial charge in [0.25, 0.3) is 0 Å². The van der Waals surface area contributed by atoms with Gasteiger partial charge in [-0.15, -0.1) is 0 Å². The molecule has 10 heteroatoms. The standard InChI is InChI=1S/C22H23F5N2O3/c1-13(15-4-6-19(24)20(8-15)31-2)28-9-16-11-29(21(30)12-32-16)10-14-3-5-18(23)17(7-14)22(25,26)27/h3-8,13,16,28H,9-12H2,1-2H3/t13-,16?/m1/s1. The topological polar surface area (TPSA) is 50.8 Å².